The van der Waals surface area contributed by atoms with Gasteiger partial charge in [-0.1, -0.05) is 17.8 Å². The molecule has 8 rings (SSSR count). The van der Waals surface area contributed by atoms with E-state index in [-0.39, 0.29) is 0 Å². The summed E-state index contributed by atoms with van der Waals surface area (Å²) < 4.78 is 8.81. The number of benzene rings is 1. The number of nitrogens with zero attached hydrogens (tertiary/aromatic N) is 4. The Morgan fingerprint density at radius 3 is 2.18 bits per heavy atom. The van der Waals surface area contributed by atoms with Crippen molar-refractivity contribution < 1.29 is 0 Å². The molecule has 0 bridgehead atoms. The molecule has 1 aliphatic rings. The van der Waals surface area contributed by atoms with Gasteiger partial charge in [0.05, 0.1) is 30.6 Å². The van der Waals surface area contributed by atoms with Crippen LogP contribution in [0.15, 0.2) is 56.2 Å². The number of fused-ring (bicyclic) bond motifs is 8. The molecule has 0 aliphatic carbocycles. The van der Waals surface area contributed by atoms with E-state index < -0.39 is 0 Å². The maximum absolute atomic E-state index is 4.84. The lowest BCUT2D eigenvalue weighted by molar-refractivity contribution is 0.952. The highest BCUT2D eigenvalue weighted by Gasteiger charge is 2.25. The molecule has 0 fully saturated rings. The Balaban J connectivity index is 1.69. The van der Waals surface area contributed by atoms with E-state index in [1.807, 2.05) is 48.5 Å². The average molecular weight is 497 g/mol. The SMILES string of the molecule is C/N=c1/c2ccc3/c(=N/C)n4c5cc(C)sc5cc4c4sc(c2c34)c2cc3c(n12)CC=C(C)S3. The maximum Gasteiger partial charge on any atom is 0.140 e. The molecule has 7 heteroatoms. The van der Waals surface area contributed by atoms with E-state index in [2.05, 4.69) is 59.1 Å². The van der Waals surface area contributed by atoms with Gasteiger partial charge in [0.15, 0.2) is 0 Å². The van der Waals surface area contributed by atoms with Gasteiger partial charge in [-0.25, -0.2) is 0 Å². The summed E-state index contributed by atoms with van der Waals surface area (Å²) in [5.74, 6) is 0. The number of thiophene rings is 2. The molecule has 0 amide bonds. The summed E-state index contributed by atoms with van der Waals surface area (Å²) in [5.41, 5.74) is 7.25. The quantitative estimate of drug-likeness (QED) is 0.214. The van der Waals surface area contributed by atoms with E-state index in [4.69, 9.17) is 9.98 Å². The molecular weight excluding hydrogens is 477 g/mol. The molecule has 1 aliphatic heterocycles. The monoisotopic (exact) mass is 496 g/mol. The first-order valence-electron chi connectivity index (χ1n) is 11.4. The highest BCUT2D eigenvalue weighted by Crippen LogP contribution is 2.46. The van der Waals surface area contributed by atoms with Crippen LogP contribution in [0.25, 0.3) is 52.2 Å². The van der Waals surface area contributed by atoms with Crippen molar-refractivity contribution in [2.24, 2.45) is 9.98 Å². The van der Waals surface area contributed by atoms with Crippen LogP contribution >= 0.6 is 34.4 Å². The van der Waals surface area contributed by atoms with Crippen molar-refractivity contribution in [1.29, 1.82) is 0 Å². The third kappa shape index (κ3) is 2.17. The molecule has 6 aromatic heterocycles. The van der Waals surface area contributed by atoms with Crippen molar-refractivity contribution in [3.8, 4) is 0 Å². The van der Waals surface area contributed by atoms with Gasteiger partial charge in [0.25, 0.3) is 0 Å². The van der Waals surface area contributed by atoms with Crippen LogP contribution in [-0.2, 0) is 6.42 Å². The van der Waals surface area contributed by atoms with Crippen LogP contribution in [0, 0.1) is 6.92 Å². The Bertz CT molecular complexity index is 2160. The summed E-state index contributed by atoms with van der Waals surface area (Å²) in [6.45, 7) is 4.39. The summed E-state index contributed by atoms with van der Waals surface area (Å²) in [4.78, 5) is 13.7. The van der Waals surface area contributed by atoms with Crippen LogP contribution in [0.2, 0.25) is 0 Å². The lowest BCUT2D eigenvalue weighted by atomic mass is 10.0. The number of hydrogen-bond acceptors (Lipinski definition) is 5. The maximum atomic E-state index is 4.84. The zero-order valence-corrected chi connectivity index (χ0v) is 21.6. The fourth-order valence-electron chi connectivity index (χ4n) is 5.88. The third-order valence-corrected chi connectivity index (χ3v) is 10.5. The Labute approximate surface area is 206 Å². The van der Waals surface area contributed by atoms with Gasteiger partial charge >= 0.3 is 0 Å². The fraction of sp³-hybridized carbons (Fsp3) is 0.185. The van der Waals surface area contributed by atoms with Gasteiger partial charge in [-0.15, -0.1) is 22.7 Å². The standard InChI is InChI=1S/C27H20N4S3/c1-12-5-8-16-20(32-12)10-18-24-22-14(26(28-3)30(16)18)6-7-15-23(22)25(34-24)19-11-21-17(9-13(2)33-21)31(19)27(15)29-4/h5-7,9-11H,8H2,1-4H3/b28-26-,29-27-. The van der Waals surface area contributed by atoms with Crippen molar-refractivity contribution >= 4 is 86.6 Å². The number of aryl methyl sites for hydroxylation is 1. The molecule has 7 aromatic rings. The highest BCUT2D eigenvalue weighted by molar-refractivity contribution is 8.03. The predicted molar refractivity (Wildman–Crippen MR) is 148 cm³/mol. The summed E-state index contributed by atoms with van der Waals surface area (Å²) in [6.07, 6.45) is 3.29. The molecule has 0 saturated heterocycles. The van der Waals surface area contributed by atoms with Crippen LogP contribution in [0.4, 0.5) is 0 Å². The van der Waals surface area contributed by atoms with E-state index in [1.165, 1.54) is 72.6 Å². The van der Waals surface area contributed by atoms with Crippen LogP contribution in [0.5, 0.6) is 0 Å². The topological polar surface area (TPSA) is 33.5 Å². The molecule has 166 valence electrons. The summed E-state index contributed by atoms with van der Waals surface area (Å²) in [6, 6.07) is 11.6. The van der Waals surface area contributed by atoms with E-state index >= 15 is 0 Å². The van der Waals surface area contributed by atoms with E-state index in [1.54, 1.807) is 0 Å². The van der Waals surface area contributed by atoms with Crippen molar-refractivity contribution in [3.63, 3.8) is 0 Å². The van der Waals surface area contributed by atoms with Gasteiger partial charge < -0.3 is 0 Å². The highest BCUT2D eigenvalue weighted by atomic mass is 32.2. The predicted octanol–water partition coefficient (Wildman–Crippen LogP) is 6.72. The number of pyridine rings is 2. The summed E-state index contributed by atoms with van der Waals surface area (Å²) >= 11 is 5.67. The Hall–Kier alpha value is -2.87. The number of hydrogen-bond donors (Lipinski definition) is 0. The minimum atomic E-state index is 0.951. The number of rotatable bonds is 0. The van der Waals surface area contributed by atoms with Crippen molar-refractivity contribution in [1.82, 2.24) is 8.80 Å². The van der Waals surface area contributed by atoms with E-state index in [0.717, 1.165) is 17.4 Å². The third-order valence-electron chi connectivity index (χ3n) is 7.19. The number of thioether (sulfide) groups is 1. The van der Waals surface area contributed by atoms with Crippen molar-refractivity contribution in [2.45, 2.75) is 25.2 Å². The lowest BCUT2D eigenvalue weighted by Crippen LogP contribution is -2.18. The molecule has 0 atom stereocenters. The second-order valence-electron chi connectivity index (χ2n) is 9.03. The average Bonchev–Trinajstić information content (AvgIpc) is 3.56. The summed E-state index contributed by atoms with van der Waals surface area (Å²) in [5, 5.41) is 5.12. The first kappa shape index (κ1) is 19.4. The lowest BCUT2D eigenvalue weighted by Gasteiger charge is -2.12. The van der Waals surface area contributed by atoms with Gasteiger partial charge in [0.2, 0.25) is 0 Å². The Morgan fingerprint density at radius 1 is 0.794 bits per heavy atom. The van der Waals surface area contributed by atoms with Gasteiger partial charge in [-0.05, 0) is 49.1 Å². The van der Waals surface area contributed by atoms with Gasteiger partial charge in [0.1, 0.15) is 11.0 Å². The zero-order chi connectivity index (χ0) is 22.9. The minimum absolute atomic E-state index is 0.951. The molecule has 0 radical (unpaired) electrons. The second-order valence-corrected chi connectivity index (χ2v) is 12.6. The molecule has 0 saturated carbocycles. The molecule has 0 spiro atoms. The second kappa shape index (κ2) is 6.42. The molecular formula is C27H20N4S3. The molecule has 1 aromatic carbocycles. The largest absolute Gasteiger partial charge is 0.296 e. The molecule has 34 heavy (non-hydrogen) atoms. The molecule has 4 nitrogen and oxygen atoms in total. The van der Waals surface area contributed by atoms with Gasteiger partial charge in [0, 0.05) is 57.5 Å². The van der Waals surface area contributed by atoms with Crippen LogP contribution < -0.4 is 11.0 Å². The van der Waals surface area contributed by atoms with Crippen LogP contribution in [0.3, 0.4) is 0 Å². The Kier molecular flexibility index (Phi) is 3.67. The van der Waals surface area contributed by atoms with Gasteiger partial charge in [-0.2, -0.15) is 0 Å². The van der Waals surface area contributed by atoms with Crippen LogP contribution in [-0.4, -0.2) is 22.9 Å². The van der Waals surface area contributed by atoms with Crippen LogP contribution in [0.1, 0.15) is 17.5 Å². The van der Waals surface area contributed by atoms with Crippen molar-refractivity contribution in [2.75, 3.05) is 14.1 Å². The zero-order valence-electron chi connectivity index (χ0n) is 19.2. The van der Waals surface area contributed by atoms with E-state index in [0.29, 0.717) is 0 Å². The summed E-state index contributed by atoms with van der Waals surface area (Å²) in [7, 11) is 3.84. The number of aromatic nitrogens is 2. The van der Waals surface area contributed by atoms with Crippen molar-refractivity contribution in [3.05, 3.63) is 62.9 Å². The molecule has 7 heterocycles. The molecule has 0 unspecified atom stereocenters. The van der Waals surface area contributed by atoms with E-state index in [9.17, 15) is 0 Å². The Morgan fingerprint density at radius 2 is 1.47 bits per heavy atom. The fourth-order valence-corrected chi connectivity index (χ4v) is 9.14. The normalized spacial score (nSPS) is 15.9. The smallest absolute Gasteiger partial charge is 0.140 e. The first-order valence-corrected chi connectivity index (χ1v) is 13.8. The number of allylic oxidation sites excluding steroid dienone is 2. The molecule has 0 N–H and O–H groups in total. The van der Waals surface area contributed by atoms with Gasteiger partial charge in [-0.3, -0.25) is 18.8 Å². The minimum Gasteiger partial charge on any atom is -0.296 e. The first-order chi connectivity index (χ1) is 16.6.